The van der Waals surface area contributed by atoms with Gasteiger partial charge in [-0.25, -0.2) is 13.2 Å². The van der Waals surface area contributed by atoms with E-state index in [2.05, 4.69) is 22.8 Å². The number of carbonyl (C=O) groups is 1. The molecular weight excluding hydrogens is 592 g/mol. The number of hydrogen-bond acceptors (Lipinski definition) is 8. The molecule has 1 aromatic heterocycles. The van der Waals surface area contributed by atoms with Gasteiger partial charge in [-0.05, 0) is 59.0 Å². The summed E-state index contributed by atoms with van der Waals surface area (Å²) in [6, 6.07) is 18.7. The Morgan fingerprint density at radius 1 is 1.05 bits per heavy atom. The number of hydrogen-bond donors (Lipinski definition) is 3. The number of aliphatic hydroxyl groups is 1. The van der Waals surface area contributed by atoms with E-state index in [-0.39, 0.29) is 37.1 Å². The summed E-state index contributed by atoms with van der Waals surface area (Å²) in [5.74, 6) is 1.38. The molecule has 0 fully saturated rings. The average molecular weight is 627 g/mol. The van der Waals surface area contributed by atoms with Crippen LogP contribution in [0.4, 0.5) is 4.79 Å². The van der Waals surface area contributed by atoms with Gasteiger partial charge in [-0.15, -0.1) is 11.3 Å². The maximum absolute atomic E-state index is 13.6. The summed E-state index contributed by atoms with van der Waals surface area (Å²) in [5, 5.41) is 26.3. The fraction of sp³-hybridized carbons (Fsp3) is 0.323. The SMILES string of the molecule is CC(C)CN(C[C@H](O)[C@H](Cc1ccc(OCc2csc3ccccc23)cc1)NC(=O)O)S(=O)(=O)c1ccc2c(c1)OCO2. The first kappa shape index (κ1) is 30.6. The third-order valence-electron chi connectivity index (χ3n) is 7.05. The van der Waals surface area contributed by atoms with Gasteiger partial charge in [0.25, 0.3) is 0 Å². The lowest BCUT2D eigenvalue weighted by Gasteiger charge is -2.30. The van der Waals surface area contributed by atoms with Crippen molar-refractivity contribution in [3.8, 4) is 17.2 Å². The Hall–Kier alpha value is -3.84. The van der Waals surface area contributed by atoms with Crippen LogP contribution in [0, 0.1) is 5.92 Å². The molecule has 5 rings (SSSR count). The monoisotopic (exact) mass is 626 g/mol. The highest BCUT2D eigenvalue weighted by Crippen LogP contribution is 2.35. The number of nitrogens with zero attached hydrogens (tertiary/aromatic N) is 1. The zero-order valence-corrected chi connectivity index (χ0v) is 25.4. The average Bonchev–Trinajstić information content (AvgIpc) is 3.62. The first-order chi connectivity index (χ1) is 20.6. The Kier molecular flexibility index (Phi) is 9.40. The third-order valence-corrected chi connectivity index (χ3v) is 9.89. The van der Waals surface area contributed by atoms with Crippen LogP contribution in [0.15, 0.2) is 77.0 Å². The molecule has 43 heavy (non-hydrogen) atoms. The van der Waals surface area contributed by atoms with E-state index in [1.165, 1.54) is 27.2 Å². The zero-order chi connectivity index (χ0) is 30.6. The van der Waals surface area contributed by atoms with Gasteiger partial charge in [-0.3, -0.25) is 0 Å². The molecule has 0 unspecified atom stereocenters. The number of ether oxygens (including phenoxy) is 3. The van der Waals surface area contributed by atoms with Crippen LogP contribution in [0.25, 0.3) is 10.1 Å². The van der Waals surface area contributed by atoms with Crippen LogP contribution in [0.3, 0.4) is 0 Å². The fourth-order valence-corrected chi connectivity index (χ4v) is 7.51. The lowest BCUT2D eigenvalue weighted by Crippen LogP contribution is -2.50. The minimum atomic E-state index is -4.05. The van der Waals surface area contributed by atoms with Crippen molar-refractivity contribution in [2.24, 2.45) is 5.92 Å². The zero-order valence-electron chi connectivity index (χ0n) is 23.8. The molecule has 0 spiro atoms. The number of nitrogens with one attached hydrogen (secondary N) is 1. The predicted octanol–water partition coefficient (Wildman–Crippen LogP) is 5.10. The van der Waals surface area contributed by atoms with Gasteiger partial charge >= 0.3 is 6.09 Å². The smallest absolute Gasteiger partial charge is 0.404 e. The molecule has 2 atom stereocenters. The second-order valence-electron chi connectivity index (χ2n) is 10.7. The second kappa shape index (κ2) is 13.2. The summed E-state index contributed by atoms with van der Waals surface area (Å²) < 4.78 is 46.3. The largest absolute Gasteiger partial charge is 0.489 e. The van der Waals surface area contributed by atoms with Crippen molar-refractivity contribution in [1.82, 2.24) is 9.62 Å². The molecule has 1 aliphatic heterocycles. The van der Waals surface area contributed by atoms with E-state index in [4.69, 9.17) is 14.2 Å². The molecule has 0 radical (unpaired) electrons. The van der Waals surface area contributed by atoms with Gasteiger partial charge in [0.05, 0.1) is 17.0 Å². The van der Waals surface area contributed by atoms with E-state index in [9.17, 15) is 23.4 Å². The summed E-state index contributed by atoms with van der Waals surface area (Å²) >= 11 is 1.67. The van der Waals surface area contributed by atoms with Gasteiger partial charge in [-0.2, -0.15) is 4.31 Å². The number of fused-ring (bicyclic) bond motifs is 2. The molecule has 2 heterocycles. The van der Waals surface area contributed by atoms with E-state index in [1.807, 2.05) is 26.0 Å². The van der Waals surface area contributed by atoms with Crippen LogP contribution in [0.2, 0.25) is 0 Å². The van der Waals surface area contributed by atoms with Crippen LogP contribution in [0.5, 0.6) is 17.2 Å². The Bertz CT molecular complexity index is 1670. The Labute approximate surface area is 254 Å². The summed E-state index contributed by atoms with van der Waals surface area (Å²) in [6.07, 6.45) is -2.51. The number of aliphatic hydroxyl groups excluding tert-OH is 1. The number of thiophene rings is 1. The Morgan fingerprint density at radius 3 is 2.53 bits per heavy atom. The van der Waals surface area contributed by atoms with E-state index in [0.29, 0.717) is 23.9 Å². The van der Waals surface area contributed by atoms with Gasteiger partial charge in [0.2, 0.25) is 16.8 Å². The Balaban J connectivity index is 1.27. The standard InChI is InChI=1S/C31H34N2O8S2/c1-20(2)15-33(43(37,38)24-11-12-28-29(14-24)41-19-40-28)16-27(34)26(32-31(35)36)13-21-7-9-23(10-8-21)39-17-22-18-42-30-6-4-3-5-25(22)30/h3-12,14,18,20,26-27,32,34H,13,15-17,19H2,1-2H3,(H,35,36)/t26-,27-/m0/s1. The van der Waals surface area contributed by atoms with E-state index >= 15 is 0 Å². The number of benzene rings is 3. The predicted molar refractivity (Wildman–Crippen MR) is 163 cm³/mol. The number of sulfonamides is 1. The molecule has 3 N–H and O–H groups in total. The fourth-order valence-electron chi connectivity index (χ4n) is 4.92. The summed E-state index contributed by atoms with van der Waals surface area (Å²) in [6.45, 7) is 3.97. The van der Waals surface area contributed by atoms with Gasteiger partial charge in [-0.1, -0.05) is 44.2 Å². The first-order valence-electron chi connectivity index (χ1n) is 13.8. The molecule has 1 amide bonds. The molecule has 0 aliphatic carbocycles. The van der Waals surface area contributed by atoms with Crippen LogP contribution in [-0.2, 0) is 23.1 Å². The lowest BCUT2D eigenvalue weighted by atomic mass is 10.0. The van der Waals surface area contributed by atoms with E-state index in [1.54, 1.807) is 35.6 Å². The molecule has 3 aromatic carbocycles. The second-order valence-corrected chi connectivity index (χ2v) is 13.6. The van der Waals surface area contributed by atoms with E-state index < -0.39 is 28.3 Å². The van der Waals surface area contributed by atoms with Crippen LogP contribution >= 0.6 is 11.3 Å². The minimum absolute atomic E-state index is 0.00150. The van der Waals surface area contributed by atoms with Gasteiger partial charge < -0.3 is 29.7 Å². The van der Waals surface area contributed by atoms with Crippen molar-refractivity contribution in [1.29, 1.82) is 0 Å². The van der Waals surface area contributed by atoms with Crippen molar-refractivity contribution < 1.29 is 37.6 Å². The number of rotatable bonds is 13. The Morgan fingerprint density at radius 2 is 1.79 bits per heavy atom. The van der Waals surface area contributed by atoms with Crippen molar-refractivity contribution in [3.63, 3.8) is 0 Å². The normalized spacial score (nSPS) is 14.3. The highest BCUT2D eigenvalue weighted by atomic mass is 32.2. The van der Waals surface area contributed by atoms with Crippen LogP contribution in [-0.4, -0.2) is 61.1 Å². The van der Waals surface area contributed by atoms with Gasteiger partial charge in [0.15, 0.2) is 11.5 Å². The molecule has 10 nitrogen and oxygen atoms in total. The summed E-state index contributed by atoms with van der Waals surface area (Å²) in [5.41, 5.74) is 1.85. The number of carboxylic acid groups (broad SMARTS) is 1. The van der Waals surface area contributed by atoms with Crippen LogP contribution in [0.1, 0.15) is 25.0 Å². The molecule has 0 saturated heterocycles. The van der Waals surface area contributed by atoms with E-state index in [0.717, 1.165) is 16.5 Å². The number of amides is 1. The minimum Gasteiger partial charge on any atom is -0.489 e. The van der Waals surface area contributed by atoms with Crippen molar-refractivity contribution in [2.45, 2.75) is 43.9 Å². The van der Waals surface area contributed by atoms with Gasteiger partial charge in [0, 0.05) is 29.4 Å². The molecule has 12 heteroatoms. The molecular formula is C31H34N2O8S2. The molecule has 1 aliphatic rings. The van der Waals surface area contributed by atoms with Gasteiger partial charge in [0.1, 0.15) is 12.4 Å². The van der Waals surface area contributed by atoms with Crippen molar-refractivity contribution in [2.75, 3.05) is 19.9 Å². The highest BCUT2D eigenvalue weighted by Gasteiger charge is 2.32. The topological polar surface area (TPSA) is 135 Å². The lowest BCUT2D eigenvalue weighted by molar-refractivity contribution is 0.0980. The maximum atomic E-state index is 13.6. The molecule has 228 valence electrons. The van der Waals surface area contributed by atoms with Crippen molar-refractivity contribution in [3.05, 3.63) is 83.2 Å². The third kappa shape index (κ3) is 7.39. The molecule has 0 saturated carbocycles. The highest BCUT2D eigenvalue weighted by molar-refractivity contribution is 7.89. The maximum Gasteiger partial charge on any atom is 0.404 e. The summed E-state index contributed by atoms with van der Waals surface area (Å²) in [4.78, 5) is 11.6. The van der Waals surface area contributed by atoms with Crippen LogP contribution < -0.4 is 19.5 Å². The van der Waals surface area contributed by atoms with Crippen molar-refractivity contribution >= 4 is 37.5 Å². The summed E-state index contributed by atoms with van der Waals surface area (Å²) in [7, 11) is -4.05. The molecule has 0 bridgehead atoms. The first-order valence-corrected chi connectivity index (χ1v) is 16.2. The quantitative estimate of drug-likeness (QED) is 0.187. The molecule has 4 aromatic rings.